The van der Waals surface area contributed by atoms with Gasteiger partial charge in [-0.05, 0) is 36.3 Å². The number of hydrogen-bond acceptors (Lipinski definition) is 6. The number of benzene rings is 2. The van der Waals surface area contributed by atoms with Crippen molar-refractivity contribution >= 4 is 33.9 Å². The fraction of sp³-hybridized carbons (Fsp3) is 0.417. The zero-order valence-electron chi connectivity index (χ0n) is 17.6. The van der Waals surface area contributed by atoms with Gasteiger partial charge in [-0.2, -0.15) is 9.97 Å². The summed E-state index contributed by atoms with van der Waals surface area (Å²) in [5, 5.41) is 6.60. The SMILES string of the molecule is COc1nc2c(c(N3CCC4CNCC43)n1)CCN(c1cccc3cccc(Cl)c13)C2. The highest BCUT2D eigenvalue weighted by atomic mass is 35.5. The third kappa shape index (κ3) is 3.12. The van der Waals surface area contributed by atoms with Gasteiger partial charge in [0.2, 0.25) is 0 Å². The minimum absolute atomic E-state index is 0.459. The molecular formula is C24H26ClN5O. The molecule has 2 fully saturated rings. The number of rotatable bonds is 3. The summed E-state index contributed by atoms with van der Waals surface area (Å²) in [5.41, 5.74) is 3.50. The third-order valence-corrected chi connectivity index (χ3v) is 7.41. The first-order valence-corrected chi connectivity index (χ1v) is 11.4. The number of fused-ring (bicyclic) bond motifs is 3. The molecule has 0 radical (unpaired) electrons. The quantitative estimate of drug-likeness (QED) is 0.677. The molecule has 0 spiro atoms. The topological polar surface area (TPSA) is 53.5 Å². The van der Waals surface area contributed by atoms with Gasteiger partial charge in [-0.1, -0.05) is 35.9 Å². The number of anilines is 2. The van der Waals surface area contributed by atoms with Crippen molar-refractivity contribution in [3.63, 3.8) is 0 Å². The molecule has 4 heterocycles. The molecule has 0 bridgehead atoms. The van der Waals surface area contributed by atoms with Gasteiger partial charge in [0.25, 0.3) is 0 Å². The van der Waals surface area contributed by atoms with E-state index in [0.29, 0.717) is 12.1 Å². The first-order chi connectivity index (χ1) is 15.2. The van der Waals surface area contributed by atoms with Crippen molar-refractivity contribution in [2.45, 2.75) is 25.4 Å². The van der Waals surface area contributed by atoms with Gasteiger partial charge in [0.1, 0.15) is 5.82 Å². The molecule has 0 saturated carbocycles. The normalized spacial score (nSPS) is 22.6. The zero-order chi connectivity index (χ0) is 20.9. The molecular weight excluding hydrogens is 410 g/mol. The summed E-state index contributed by atoms with van der Waals surface area (Å²) in [4.78, 5) is 14.5. The molecule has 31 heavy (non-hydrogen) atoms. The van der Waals surface area contributed by atoms with Crippen LogP contribution in [0, 0.1) is 5.92 Å². The van der Waals surface area contributed by atoms with Crippen molar-refractivity contribution in [3.8, 4) is 6.01 Å². The van der Waals surface area contributed by atoms with Crippen LogP contribution in [-0.2, 0) is 13.0 Å². The fourth-order valence-electron chi connectivity index (χ4n) is 5.57. The average molecular weight is 436 g/mol. The maximum absolute atomic E-state index is 6.61. The maximum atomic E-state index is 6.61. The number of aromatic nitrogens is 2. The summed E-state index contributed by atoms with van der Waals surface area (Å²) >= 11 is 6.61. The Morgan fingerprint density at radius 1 is 1.10 bits per heavy atom. The van der Waals surface area contributed by atoms with E-state index >= 15 is 0 Å². The molecule has 7 heteroatoms. The fourth-order valence-corrected chi connectivity index (χ4v) is 5.85. The van der Waals surface area contributed by atoms with Crippen molar-refractivity contribution in [1.29, 1.82) is 0 Å². The summed E-state index contributed by atoms with van der Waals surface area (Å²) in [6, 6.07) is 13.5. The largest absolute Gasteiger partial charge is 0.467 e. The van der Waals surface area contributed by atoms with E-state index in [0.717, 1.165) is 78.1 Å². The van der Waals surface area contributed by atoms with Crippen LogP contribution in [-0.4, -0.2) is 49.3 Å². The van der Waals surface area contributed by atoms with Crippen molar-refractivity contribution in [3.05, 3.63) is 52.7 Å². The van der Waals surface area contributed by atoms with Gasteiger partial charge in [0, 0.05) is 48.9 Å². The van der Waals surface area contributed by atoms with Crippen molar-refractivity contribution in [1.82, 2.24) is 15.3 Å². The predicted molar refractivity (Wildman–Crippen MR) is 124 cm³/mol. The van der Waals surface area contributed by atoms with E-state index in [1.54, 1.807) is 7.11 Å². The van der Waals surface area contributed by atoms with Crippen LogP contribution in [0.25, 0.3) is 10.8 Å². The highest BCUT2D eigenvalue weighted by molar-refractivity contribution is 6.36. The van der Waals surface area contributed by atoms with Gasteiger partial charge in [-0.3, -0.25) is 0 Å². The lowest BCUT2D eigenvalue weighted by Crippen LogP contribution is -2.38. The number of ether oxygens (including phenoxy) is 1. The van der Waals surface area contributed by atoms with Crippen LogP contribution in [0.5, 0.6) is 6.01 Å². The standard InChI is InChI=1S/C24H26ClN5O/c1-31-24-27-19-14-29(20-7-3-5-15-4-2-6-18(25)22(15)20)10-9-17(19)23(28-24)30-11-8-16-12-26-13-21(16)30/h2-7,16,21,26H,8-14H2,1H3. The summed E-state index contributed by atoms with van der Waals surface area (Å²) in [6.45, 7) is 4.85. The van der Waals surface area contributed by atoms with E-state index in [1.807, 2.05) is 12.1 Å². The van der Waals surface area contributed by atoms with Gasteiger partial charge in [0.05, 0.1) is 24.4 Å². The number of nitrogens with one attached hydrogen (secondary N) is 1. The van der Waals surface area contributed by atoms with E-state index in [9.17, 15) is 0 Å². The molecule has 160 valence electrons. The Balaban J connectivity index is 1.40. The van der Waals surface area contributed by atoms with E-state index in [1.165, 1.54) is 12.0 Å². The second-order valence-electron chi connectivity index (χ2n) is 8.71. The lowest BCUT2D eigenvalue weighted by Gasteiger charge is -2.34. The summed E-state index contributed by atoms with van der Waals surface area (Å²) in [6.07, 6.45) is 2.14. The minimum atomic E-state index is 0.459. The first kappa shape index (κ1) is 19.1. The second-order valence-corrected chi connectivity index (χ2v) is 9.12. The summed E-state index contributed by atoms with van der Waals surface area (Å²) in [7, 11) is 1.65. The first-order valence-electron chi connectivity index (χ1n) is 11.1. The van der Waals surface area contributed by atoms with Gasteiger partial charge >= 0.3 is 6.01 Å². The van der Waals surface area contributed by atoms with Crippen molar-refractivity contribution < 1.29 is 4.74 Å². The lowest BCUT2D eigenvalue weighted by molar-refractivity contribution is 0.376. The number of hydrogen-bond donors (Lipinski definition) is 1. The molecule has 2 saturated heterocycles. The second kappa shape index (κ2) is 7.53. The molecule has 1 aromatic heterocycles. The highest BCUT2D eigenvalue weighted by Gasteiger charge is 2.40. The summed E-state index contributed by atoms with van der Waals surface area (Å²) in [5.74, 6) is 1.79. The molecule has 0 amide bonds. The predicted octanol–water partition coefficient (Wildman–Crippen LogP) is 3.65. The van der Waals surface area contributed by atoms with Crippen LogP contribution >= 0.6 is 11.6 Å². The van der Waals surface area contributed by atoms with Crippen LogP contribution < -0.4 is 19.9 Å². The van der Waals surface area contributed by atoms with E-state index in [-0.39, 0.29) is 0 Å². The molecule has 0 aliphatic carbocycles. The number of nitrogens with zero attached hydrogens (tertiary/aromatic N) is 4. The van der Waals surface area contributed by atoms with Crippen LogP contribution in [0.4, 0.5) is 11.5 Å². The van der Waals surface area contributed by atoms with Crippen LogP contribution in [0.1, 0.15) is 17.7 Å². The molecule has 1 N–H and O–H groups in total. The number of halogens is 1. The van der Waals surface area contributed by atoms with Gasteiger partial charge in [-0.15, -0.1) is 0 Å². The molecule has 6 nitrogen and oxygen atoms in total. The Morgan fingerprint density at radius 3 is 2.84 bits per heavy atom. The third-order valence-electron chi connectivity index (χ3n) is 7.10. The Kier molecular flexibility index (Phi) is 4.65. The van der Waals surface area contributed by atoms with Crippen LogP contribution in [0.3, 0.4) is 0 Å². The summed E-state index contributed by atoms with van der Waals surface area (Å²) < 4.78 is 5.52. The Bertz CT molecular complexity index is 1150. The molecule has 3 aliphatic rings. The smallest absolute Gasteiger partial charge is 0.318 e. The van der Waals surface area contributed by atoms with E-state index in [4.69, 9.17) is 26.3 Å². The molecule has 2 atom stereocenters. The van der Waals surface area contributed by atoms with Gasteiger partial charge in [0.15, 0.2) is 0 Å². The molecule has 3 aliphatic heterocycles. The Hall–Kier alpha value is -2.57. The lowest BCUT2D eigenvalue weighted by atomic mass is 10.0. The minimum Gasteiger partial charge on any atom is -0.467 e. The maximum Gasteiger partial charge on any atom is 0.318 e. The van der Waals surface area contributed by atoms with Crippen LogP contribution in [0.2, 0.25) is 5.02 Å². The molecule has 2 aromatic carbocycles. The Morgan fingerprint density at radius 2 is 1.97 bits per heavy atom. The molecule has 3 aromatic rings. The molecule has 2 unspecified atom stereocenters. The zero-order valence-corrected chi connectivity index (χ0v) is 18.4. The van der Waals surface area contributed by atoms with Crippen molar-refractivity contribution in [2.75, 3.05) is 43.1 Å². The van der Waals surface area contributed by atoms with Crippen LogP contribution in [0.15, 0.2) is 36.4 Å². The van der Waals surface area contributed by atoms with E-state index < -0.39 is 0 Å². The van der Waals surface area contributed by atoms with Gasteiger partial charge < -0.3 is 19.9 Å². The van der Waals surface area contributed by atoms with E-state index in [2.05, 4.69) is 39.4 Å². The average Bonchev–Trinajstić information content (AvgIpc) is 3.42. The van der Waals surface area contributed by atoms with Gasteiger partial charge in [-0.25, -0.2) is 0 Å². The molecule has 6 rings (SSSR count). The van der Waals surface area contributed by atoms with Crippen molar-refractivity contribution in [2.24, 2.45) is 5.92 Å². The highest BCUT2D eigenvalue weighted by Crippen LogP contribution is 2.39. The monoisotopic (exact) mass is 435 g/mol. The number of methoxy groups -OCH3 is 1. The Labute approximate surface area is 187 Å².